The molecule has 1 aromatic heterocycles. The van der Waals surface area contributed by atoms with Crippen LogP contribution in [-0.4, -0.2) is 6.04 Å². The molecule has 1 aromatic rings. The van der Waals surface area contributed by atoms with E-state index in [-0.39, 0.29) is 0 Å². The molecule has 80 valence electrons. The Morgan fingerprint density at radius 3 is 2.79 bits per heavy atom. The summed E-state index contributed by atoms with van der Waals surface area (Å²) in [5.74, 6) is 0. The Kier molecular flexibility index (Phi) is 5.20. The molecule has 14 heavy (non-hydrogen) atoms. The minimum absolute atomic E-state index is 0.417. The Morgan fingerprint density at radius 2 is 2.21 bits per heavy atom. The molecule has 0 aromatic carbocycles. The first-order valence-electron chi connectivity index (χ1n) is 5.52. The standard InChI is InChI=1S/C12H21NS/c1-3-5-11(13)6-4-7-12-10(2)8-9-14-12/h8-9,11H,3-7,13H2,1-2H3. The molecule has 0 saturated carbocycles. The van der Waals surface area contributed by atoms with Gasteiger partial charge in [-0.3, -0.25) is 0 Å². The molecule has 1 rings (SSSR count). The van der Waals surface area contributed by atoms with Gasteiger partial charge in [-0.05, 0) is 49.6 Å². The average molecular weight is 211 g/mol. The lowest BCUT2D eigenvalue weighted by Gasteiger charge is -2.09. The van der Waals surface area contributed by atoms with Crippen molar-refractivity contribution in [1.82, 2.24) is 0 Å². The van der Waals surface area contributed by atoms with E-state index in [1.165, 1.54) is 42.5 Å². The summed E-state index contributed by atoms with van der Waals surface area (Å²) in [6, 6.07) is 2.62. The summed E-state index contributed by atoms with van der Waals surface area (Å²) in [6.07, 6.45) is 6.00. The van der Waals surface area contributed by atoms with Gasteiger partial charge in [-0.25, -0.2) is 0 Å². The van der Waals surface area contributed by atoms with Gasteiger partial charge >= 0.3 is 0 Å². The molecular weight excluding hydrogens is 190 g/mol. The molecule has 2 heteroatoms. The predicted molar refractivity (Wildman–Crippen MR) is 64.9 cm³/mol. The van der Waals surface area contributed by atoms with Crippen LogP contribution in [-0.2, 0) is 6.42 Å². The molecule has 1 heterocycles. The molecule has 0 radical (unpaired) electrons. The van der Waals surface area contributed by atoms with Gasteiger partial charge in [-0.1, -0.05) is 13.3 Å². The van der Waals surface area contributed by atoms with Crippen molar-refractivity contribution in [3.8, 4) is 0 Å². The van der Waals surface area contributed by atoms with Crippen LogP contribution in [0.3, 0.4) is 0 Å². The van der Waals surface area contributed by atoms with Crippen molar-refractivity contribution < 1.29 is 0 Å². The molecular formula is C12H21NS. The molecule has 0 spiro atoms. The highest BCUT2D eigenvalue weighted by atomic mass is 32.1. The monoisotopic (exact) mass is 211 g/mol. The topological polar surface area (TPSA) is 26.0 Å². The van der Waals surface area contributed by atoms with Gasteiger partial charge < -0.3 is 5.73 Å². The van der Waals surface area contributed by atoms with Gasteiger partial charge in [-0.15, -0.1) is 11.3 Å². The van der Waals surface area contributed by atoms with E-state index in [4.69, 9.17) is 5.73 Å². The van der Waals surface area contributed by atoms with Crippen molar-refractivity contribution >= 4 is 11.3 Å². The van der Waals surface area contributed by atoms with E-state index in [9.17, 15) is 0 Å². The maximum Gasteiger partial charge on any atom is 0.00744 e. The molecule has 0 aliphatic carbocycles. The summed E-state index contributed by atoms with van der Waals surface area (Å²) in [6.45, 7) is 4.39. The Labute approximate surface area is 91.3 Å². The fourth-order valence-corrected chi connectivity index (χ4v) is 2.65. The van der Waals surface area contributed by atoms with Crippen LogP contribution in [0.15, 0.2) is 11.4 Å². The average Bonchev–Trinajstić information content (AvgIpc) is 2.52. The predicted octanol–water partition coefficient (Wildman–Crippen LogP) is 3.51. The van der Waals surface area contributed by atoms with Gasteiger partial charge in [0.25, 0.3) is 0 Å². The fourth-order valence-electron chi connectivity index (χ4n) is 1.70. The van der Waals surface area contributed by atoms with Crippen molar-refractivity contribution in [2.75, 3.05) is 0 Å². The van der Waals surface area contributed by atoms with E-state index >= 15 is 0 Å². The number of nitrogens with two attached hydrogens (primary N) is 1. The maximum absolute atomic E-state index is 5.97. The zero-order chi connectivity index (χ0) is 10.4. The molecule has 2 N–H and O–H groups in total. The lowest BCUT2D eigenvalue weighted by atomic mass is 10.0. The highest BCUT2D eigenvalue weighted by Crippen LogP contribution is 2.18. The second-order valence-electron chi connectivity index (χ2n) is 3.97. The van der Waals surface area contributed by atoms with Crippen LogP contribution in [0.5, 0.6) is 0 Å². The summed E-state index contributed by atoms with van der Waals surface area (Å²) in [7, 11) is 0. The third kappa shape index (κ3) is 3.81. The molecule has 0 aliphatic rings. The quantitative estimate of drug-likeness (QED) is 0.765. The van der Waals surface area contributed by atoms with Crippen LogP contribution >= 0.6 is 11.3 Å². The van der Waals surface area contributed by atoms with Crippen molar-refractivity contribution in [1.29, 1.82) is 0 Å². The van der Waals surface area contributed by atoms with E-state index in [2.05, 4.69) is 25.3 Å². The number of aryl methyl sites for hydroxylation is 2. The molecule has 0 fully saturated rings. The van der Waals surface area contributed by atoms with Gasteiger partial charge in [0.05, 0.1) is 0 Å². The Bertz CT molecular complexity index is 255. The number of hydrogen-bond acceptors (Lipinski definition) is 2. The highest BCUT2D eigenvalue weighted by Gasteiger charge is 2.03. The minimum atomic E-state index is 0.417. The van der Waals surface area contributed by atoms with Crippen LogP contribution in [0.4, 0.5) is 0 Å². The van der Waals surface area contributed by atoms with Gasteiger partial charge in [0.15, 0.2) is 0 Å². The summed E-state index contributed by atoms with van der Waals surface area (Å²) in [5, 5.41) is 2.18. The third-order valence-corrected chi connectivity index (χ3v) is 3.69. The second kappa shape index (κ2) is 6.20. The van der Waals surface area contributed by atoms with Crippen molar-refractivity contribution in [3.63, 3.8) is 0 Å². The zero-order valence-electron chi connectivity index (χ0n) is 9.25. The van der Waals surface area contributed by atoms with E-state index in [1.54, 1.807) is 0 Å². The SMILES string of the molecule is CCCC(N)CCCc1sccc1C. The van der Waals surface area contributed by atoms with Crippen molar-refractivity contribution in [2.45, 2.75) is 52.0 Å². The molecule has 1 unspecified atom stereocenters. The zero-order valence-corrected chi connectivity index (χ0v) is 10.1. The molecule has 0 bridgehead atoms. The summed E-state index contributed by atoms with van der Waals surface area (Å²) in [4.78, 5) is 1.54. The summed E-state index contributed by atoms with van der Waals surface area (Å²) < 4.78 is 0. The number of rotatable bonds is 6. The van der Waals surface area contributed by atoms with Crippen LogP contribution in [0.2, 0.25) is 0 Å². The summed E-state index contributed by atoms with van der Waals surface area (Å²) >= 11 is 1.87. The Balaban J connectivity index is 2.19. The third-order valence-electron chi connectivity index (χ3n) is 2.61. The van der Waals surface area contributed by atoms with Crippen molar-refractivity contribution in [3.05, 3.63) is 21.9 Å². The van der Waals surface area contributed by atoms with Crippen molar-refractivity contribution in [2.24, 2.45) is 5.73 Å². The molecule has 0 saturated heterocycles. The molecule has 0 aliphatic heterocycles. The lowest BCUT2D eigenvalue weighted by molar-refractivity contribution is 0.540. The smallest absolute Gasteiger partial charge is 0.00744 e. The fraction of sp³-hybridized carbons (Fsp3) is 0.667. The molecule has 1 atom stereocenters. The van der Waals surface area contributed by atoms with Crippen LogP contribution in [0.25, 0.3) is 0 Å². The van der Waals surface area contributed by atoms with Gasteiger partial charge in [0.1, 0.15) is 0 Å². The second-order valence-corrected chi connectivity index (χ2v) is 4.97. The van der Waals surface area contributed by atoms with E-state index in [0.29, 0.717) is 6.04 Å². The lowest BCUT2D eigenvalue weighted by Crippen LogP contribution is -2.19. The van der Waals surface area contributed by atoms with Crippen LogP contribution in [0.1, 0.15) is 43.0 Å². The Hall–Kier alpha value is -0.340. The first kappa shape index (κ1) is 11.7. The van der Waals surface area contributed by atoms with E-state index in [1.807, 2.05) is 11.3 Å². The number of thiophene rings is 1. The van der Waals surface area contributed by atoms with Crippen LogP contribution < -0.4 is 5.73 Å². The first-order valence-corrected chi connectivity index (χ1v) is 6.40. The summed E-state index contributed by atoms with van der Waals surface area (Å²) in [5.41, 5.74) is 7.41. The Morgan fingerprint density at radius 1 is 1.43 bits per heavy atom. The first-order chi connectivity index (χ1) is 6.74. The van der Waals surface area contributed by atoms with Gasteiger partial charge in [-0.2, -0.15) is 0 Å². The maximum atomic E-state index is 5.97. The molecule has 1 nitrogen and oxygen atoms in total. The molecule has 0 amide bonds. The van der Waals surface area contributed by atoms with Crippen LogP contribution in [0, 0.1) is 6.92 Å². The minimum Gasteiger partial charge on any atom is -0.328 e. The number of hydrogen-bond donors (Lipinski definition) is 1. The largest absolute Gasteiger partial charge is 0.328 e. The van der Waals surface area contributed by atoms with Gasteiger partial charge in [0, 0.05) is 10.9 Å². The van der Waals surface area contributed by atoms with E-state index < -0.39 is 0 Å². The highest BCUT2D eigenvalue weighted by molar-refractivity contribution is 7.10. The normalized spacial score (nSPS) is 13.1. The van der Waals surface area contributed by atoms with E-state index in [0.717, 1.165) is 0 Å². The van der Waals surface area contributed by atoms with Gasteiger partial charge in [0.2, 0.25) is 0 Å².